The Balaban J connectivity index is 2.48. The molecule has 0 bridgehead atoms. The molecule has 1 aromatic rings. The molecule has 0 saturated carbocycles. The van der Waals surface area contributed by atoms with Gasteiger partial charge in [0.05, 0.1) is 17.7 Å². The van der Waals surface area contributed by atoms with Gasteiger partial charge in [-0.3, -0.25) is 4.79 Å². The molecule has 0 radical (unpaired) electrons. The highest BCUT2D eigenvalue weighted by Crippen LogP contribution is 2.19. The molecule has 0 fully saturated rings. The van der Waals surface area contributed by atoms with Crippen LogP contribution in [0, 0.1) is 5.41 Å². The zero-order valence-electron chi connectivity index (χ0n) is 14.5. The molecule has 1 amide bonds. The Morgan fingerprint density at radius 3 is 2.36 bits per heavy atom. The predicted octanol–water partition coefficient (Wildman–Crippen LogP) is 2.08. The number of amides is 1. The molecule has 3 N–H and O–H groups in total. The lowest BCUT2D eigenvalue weighted by atomic mass is 9.89. The smallest absolute Gasteiger partial charge is 0.336 e. The molecule has 0 aliphatic rings. The molecule has 0 saturated heterocycles. The number of nitrogens with one attached hydrogen (secondary N) is 1. The monoisotopic (exact) mass is 353 g/mol. The van der Waals surface area contributed by atoms with E-state index in [1.54, 1.807) is 0 Å². The minimum atomic E-state index is -1.19. The van der Waals surface area contributed by atoms with Gasteiger partial charge in [0.2, 0.25) is 5.91 Å². The summed E-state index contributed by atoms with van der Waals surface area (Å²) in [5, 5.41) is 20.8. The maximum Gasteiger partial charge on any atom is 0.336 e. The molecule has 0 heterocycles. The van der Waals surface area contributed by atoms with Gasteiger partial charge in [0.1, 0.15) is 6.61 Å². The first-order chi connectivity index (χ1) is 11.7. The Hall–Kier alpha value is -2.45. The van der Waals surface area contributed by atoms with Crippen molar-refractivity contribution in [3.63, 3.8) is 0 Å². The van der Waals surface area contributed by atoms with E-state index in [2.05, 4.69) is 5.32 Å². The van der Waals surface area contributed by atoms with Crippen molar-refractivity contribution in [2.45, 2.75) is 33.8 Å². The fourth-order valence-corrected chi connectivity index (χ4v) is 1.82. The van der Waals surface area contributed by atoms with E-state index in [9.17, 15) is 14.4 Å². The summed E-state index contributed by atoms with van der Waals surface area (Å²) in [5.41, 5.74) is -0.387. The summed E-state index contributed by atoms with van der Waals surface area (Å²) in [6, 6.07) is 3.64. The third-order valence-corrected chi connectivity index (χ3v) is 3.85. The Morgan fingerprint density at radius 1 is 1.12 bits per heavy atom. The van der Waals surface area contributed by atoms with Crippen molar-refractivity contribution < 1.29 is 34.4 Å². The Bertz CT molecular complexity index is 640. The highest BCUT2D eigenvalue weighted by atomic mass is 17.2. The van der Waals surface area contributed by atoms with Crippen LogP contribution in [0.25, 0.3) is 0 Å². The molecule has 0 unspecified atom stereocenters. The van der Waals surface area contributed by atoms with Crippen molar-refractivity contribution in [1.29, 1.82) is 0 Å². The number of carboxylic acid groups (broad SMARTS) is 2. The van der Waals surface area contributed by atoms with Crippen molar-refractivity contribution >= 4 is 17.8 Å². The number of carbonyl (C=O) groups excluding carboxylic acids is 1. The van der Waals surface area contributed by atoms with Crippen LogP contribution in [0.2, 0.25) is 0 Å². The van der Waals surface area contributed by atoms with Gasteiger partial charge in [0.25, 0.3) is 0 Å². The van der Waals surface area contributed by atoms with Crippen molar-refractivity contribution in [2.24, 2.45) is 5.41 Å². The standard InChI is InChI=1S/C17H23NO7/c1-4-17(2,3)16(23)18-7-8-24-25-10-12-9-11(14(19)20)5-6-13(12)15(21)22/h5-6,9H,4,7-8,10H2,1-3H3,(H,18,23)(H,19,20)(H,21,22). The Kier molecular flexibility index (Phi) is 7.53. The summed E-state index contributed by atoms with van der Waals surface area (Å²) in [7, 11) is 0. The van der Waals surface area contributed by atoms with E-state index in [1.807, 2.05) is 20.8 Å². The number of benzene rings is 1. The molecule has 0 spiro atoms. The zero-order chi connectivity index (χ0) is 19.0. The molecule has 0 aromatic heterocycles. The predicted molar refractivity (Wildman–Crippen MR) is 88.2 cm³/mol. The van der Waals surface area contributed by atoms with Gasteiger partial charge in [-0.1, -0.05) is 20.8 Å². The largest absolute Gasteiger partial charge is 0.478 e. The number of carboxylic acids is 2. The SMILES string of the molecule is CCC(C)(C)C(=O)NCCOOCc1cc(C(=O)O)ccc1C(=O)O. The number of hydrogen-bond acceptors (Lipinski definition) is 5. The number of rotatable bonds is 10. The summed E-state index contributed by atoms with van der Waals surface area (Å²) in [6.07, 6.45) is 0.702. The molecule has 138 valence electrons. The summed E-state index contributed by atoms with van der Waals surface area (Å²) >= 11 is 0. The topological polar surface area (TPSA) is 122 Å². The molecular weight excluding hydrogens is 330 g/mol. The molecule has 0 atom stereocenters. The molecule has 25 heavy (non-hydrogen) atoms. The van der Waals surface area contributed by atoms with Crippen LogP contribution in [0.4, 0.5) is 0 Å². The van der Waals surface area contributed by atoms with Crippen molar-refractivity contribution in [3.05, 3.63) is 34.9 Å². The lowest BCUT2D eigenvalue weighted by Crippen LogP contribution is -2.38. The van der Waals surface area contributed by atoms with Gasteiger partial charge in [-0.05, 0) is 30.2 Å². The second kappa shape index (κ2) is 9.14. The van der Waals surface area contributed by atoms with Crippen LogP contribution in [0.15, 0.2) is 18.2 Å². The summed E-state index contributed by atoms with van der Waals surface area (Å²) in [4.78, 5) is 43.8. The lowest BCUT2D eigenvalue weighted by Gasteiger charge is -2.21. The van der Waals surface area contributed by atoms with Crippen molar-refractivity contribution in [1.82, 2.24) is 5.32 Å². The molecule has 0 aliphatic carbocycles. The molecule has 1 rings (SSSR count). The highest BCUT2D eigenvalue weighted by molar-refractivity contribution is 5.93. The summed E-state index contributed by atoms with van der Waals surface area (Å²) in [6.45, 7) is 5.68. The Labute approximate surface area is 145 Å². The fourth-order valence-electron chi connectivity index (χ4n) is 1.82. The van der Waals surface area contributed by atoms with Crippen LogP contribution < -0.4 is 5.32 Å². The van der Waals surface area contributed by atoms with Crippen molar-refractivity contribution in [2.75, 3.05) is 13.2 Å². The second-order valence-corrected chi connectivity index (χ2v) is 6.06. The maximum atomic E-state index is 11.8. The number of carbonyl (C=O) groups is 3. The fraction of sp³-hybridized carbons (Fsp3) is 0.471. The van der Waals surface area contributed by atoms with Crippen LogP contribution in [0.3, 0.4) is 0 Å². The van der Waals surface area contributed by atoms with Gasteiger partial charge in [-0.2, -0.15) is 0 Å². The minimum Gasteiger partial charge on any atom is -0.478 e. The van der Waals surface area contributed by atoms with E-state index in [1.165, 1.54) is 18.2 Å². The average molecular weight is 353 g/mol. The summed E-state index contributed by atoms with van der Waals surface area (Å²) < 4.78 is 0. The van der Waals surface area contributed by atoms with E-state index in [0.29, 0.717) is 6.42 Å². The Morgan fingerprint density at radius 2 is 1.80 bits per heavy atom. The molecule has 8 heteroatoms. The highest BCUT2D eigenvalue weighted by Gasteiger charge is 2.24. The van der Waals surface area contributed by atoms with E-state index < -0.39 is 17.4 Å². The van der Waals surface area contributed by atoms with Gasteiger partial charge >= 0.3 is 11.9 Å². The van der Waals surface area contributed by atoms with E-state index in [-0.39, 0.29) is 42.4 Å². The average Bonchev–Trinajstić information content (AvgIpc) is 2.57. The van der Waals surface area contributed by atoms with Crippen molar-refractivity contribution in [3.8, 4) is 0 Å². The van der Waals surface area contributed by atoms with Gasteiger partial charge < -0.3 is 15.5 Å². The molecule has 8 nitrogen and oxygen atoms in total. The minimum absolute atomic E-state index is 0.0438. The van der Waals surface area contributed by atoms with Gasteiger partial charge in [0.15, 0.2) is 0 Å². The third kappa shape index (κ3) is 6.17. The van der Waals surface area contributed by atoms with E-state index in [4.69, 9.17) is 20.0 Å². The quantitative estimate of drug-likeness (QED) is 0.334. The second-order valence-electron chi connectivity index (χ2n) is 6.06. The molecule has 0 aliphatic heterocycles. The normalized spacial score (nSPS) is 11.2. The van der Waals surface area contributed by atoms with Crippen LogP contribution in [0.5, 0.6) is 0 Å². The van der Waals surface area contributed by atoms with Crippen LogP contribution in [-0.4, -0.2) is 41.2 Å². The first-order valence-electron chi connectivity index (χ1n) is 7.81. The first kappa shape index (κ1) is 20.6. The number of aromatic carboxylic acids is 2. The first-order valence-corrected chi connectivity index (χ1v) is 7.81. The van der Waals surface area contributed by atoms with Crippen LogP contribution in [-0.2, 0) is 21.2 Å². The number of hydrogen-bond donors (Lipinski definition) is 3. The van der Waals surface area contributed by atoms with Crippen LogP contribution >= 0.6 is 0 Å². The molecular formula is C17H23NO7. The van der Waals surface area contributed by atoms with E-state index >= 15 is 0 Å². The lowest BCUT2D eigenvalue weighted by molar-refractivity contribution is -0.302. The third-order valence-electron chi connectivity index (χ3n) is 3.85. The molecule has 1 aromatic carbocycles. The zero-order valence-corrected chi connectivity index (χ0v) is 14.5. The van der Waals surface area contributed by atoms with Gasteiger partial charge in [0, 0.05) is 12.0 Å². The summed E-state index contributed by atoms with van der Waals surface area (Å²) in [5.74, 6) is -2.45. The van der Waals surface area contributed by atoms with Gasteiger partial charge in [-0.25, -0.2) is 19.4 Å². The van der Waals surface area contributed by atoms with Gasteiger partial charge in [-0.15, -0.1) is 0 Å². The van der Waals surface area contributed by atoms with E-state index in [0.717, 1.165) is 0 Å². The van der Waals surface area contributed by atoms with Crippen LogP contribution in [0.1, 0.15) is 53.5 Å². The maximum absolute atomic E-state index is 11.8.